The molecule has 4 rings (SSSR count). The van der Waals surface area contributed by atoms with E-state index in [9.17, 15) is 5.11 Å². The highest BCUT2D eigenvalue weighted by molar-refractivity contribution is 5.69. The van der Waals surface area contributed by atoms with Crippen molar-refractivity contribution in [2.24, 2.45) is 5.92 Å². The number of benzene rings is 1. The van der Waals surface area contributed by atoms with E-state index in [1.807, 2.05) is 0 Å². The fourth-order valence-electron chi connectivity index (χ4n) is 3.96. The summed E-state index contributed by atoms with van der Waals surface area (Å²) in [5, 5.41) is 14.1. The Morgan fingerprint density at radius 2 is 1.95 bits per heavy atom. The first kappa shape index (κ1) is 13.1. The van der Waals surface area contributed by atoms with Crippen molar-refractivity contribution >= 4 is 0 Å². The highest BCUT2D eigenvalue weighted by Crippen LogP contribution is 2.42. The third kappa shape index (κ3) is 2.21. The average Bonchev–Trinajstić information content (AvgIpc) is 3.11. The Kier molecular flexibility index (Phi) is 3.32. The summed E-state index contributed by atoms with van der Waals surface area (Å²) in [6, 6.07) is 13.2. The molecule has 1 aromatic carbocycles. The first-order valence-electron chi connectivity index (χ1n) is 7.99. The molecule has 110 valence electrons. The number of fused-ring (bicyclic) bond motifs is 3. The highest BCUT2D eigenvalue weighted by atomic mass is 16.3. The lowest BCUT2D eigenvalue weighted by Gasteiger charge is -2.29. The minimum absolute atomic E-state index is 0.210. The highest BCUT2D eigenvalue weighted by Gasteiger charge is 2.31. The van der Waals surface area contributed by atoms with E-state index < -0.39 is 0 Å². The second-order valence-electron chi connectivity index (χ2n) is 6.29. The van der Waals surface area contributed by atoms with Gasteiger partial charge in [-0.05, 0) is 56.0 Å². The predicted octanol–water partition coefficient (Wildman–Crippen LogP) is 2.81. The van der Waals surface area contributed by atoms with Gasteiger partial charge in [-0.25, -0.2) is 0 Å². The monoisotopic (exact) mass is 282 g/mol. The molecule has 1 aromatic heterocycles. The summed E-state index contributed by atoms with van der Waals surface area (Å²) in [5.74, 6) is 0.443. The normalized spacial score (nSPS) is 22.8. The Labute approximate surface area is 125 Å². The third-order valence-corrected chi connectivity index (χ3v) is 5.10. The summed E-state index contributed by atoms with van der Waals surface area (Å²) in [6.07, 6.45) is 4.94. The molecule has 2 atom stereocenters. The topological polar surface area (TPSA) is 37.2 Å². The summed E-state index contributed by atoms with van der Waals surface area (Å²) in [5.41, 5.74) is 3.97. The summed E-state index contributed by atoms with van der Waals surface area (Å²) in [4.78, 5) is 0. The number of piperidine rings is 1. The van der Waals surface area contributed by atoms with Gasteiger partial charge in [0, 0.05) is 17.5 Å². The molecule has 21 heavy (non-hydrogen) atoms. The van der Waals surface area contributed by atoms with Crippen LogP contribution in [0.4, 0.5) is 0 Å². The molecule has 1 fully saturated rings. The van der Waals surface area contributed by atoms with Crippen molar-refractivity contribution in [3.63, 3.8) is 0 Å². The van der Waals surface area contributed by atoms with Gasteiger partial charge < -0.3 is 15.0 Å². The van der Waals surface area contributed by atoms with Crippen molar-refractivity contribution in [1.29, 1.82) is 0 Å². The zero-order valence-electron chi connectivity index (χ0n) is 12.2. The van der Waals surface area contributed by atoms with Crippen LogP contribution in [0.5, 0.6) is 0 Å². The second-order valence-corrected chi connectivity index (χ2v) is 6.29. The quantitative estimate of drug-likeness (QED) is 0.908. The van der Waals surface area contributed by atoms with Crippen LogP contribution in [0.3, 0.4) is 0 Å². The summed E-state index contributed by atoms with van der Waals surface area (Å²) in [7, 11) is 0. The van der Waals surface area contributed by atoms with Crippen LogP contribution in [0.25, 0.3) is 11.3 Å². The van der Waals surface area contributed by atoms with E-state index in [-0.39, 0.29) is 12.1 Å². The number of nitrogens with one attached hydrogen (secondary N) is 1. The van der Waals surface area contributed by atoms with Crippen LogP contribution >= 0.6 is 0 Å². The number of hydrogen-bond donors (Lipinski definition) is 2. The Hall–Kier alpha value is -1.58. The van der Waals surface area contributed by atoms with Gasteiger partial charge in [-0.15, -0.1) is 0 Å². The van der Waals surface area contributed by atoms with Crippen LogP contribution in [0.2, 0.25) is 0 Å². The minimum atomic E-state index is -0.210. The molecular weight excluding hydrogens is 260 g/mol. The molecule has 0 amide bonds. The molecule has 0 bridgehead atoms. The van der Waals surface area contributed by atoms with Crippen molar-refractivity contribution in [2.75, 3.05) is 13.1 Å². The summed E-state index contributed by atoms with van der Waals surface area (Å²) in [6.45, 7) is 2.08. The van der Waals surface area contributed by atoms with Crippen LogP contribution in [0.1, 0.15) is 30.9 Å². The van der Waals surface area contributed by atoms with E-state index in [1.54, 1.807) is 0 Å². The number of aliphatic hydroxyl groups excluding tert-OH is 1. The van der Waals surface area contributed by atoms with E-state index in [0.717, 1.165) is 32.4 Å². The number of aliphatic hydroxyl groups is 1. The predicted molar refractivity (Wildman–Crippen MR) is 84.2 cm³/mol. The Morgan fingerprint density at radius 3 is 2.81 bits per heavy atom. The smallest absolute Gasteiger partial charge is 0.0617 e. The van der Waals surface area contributed by atoms with Crippen molar-refractivity contribution in [2.45, 2.75) is 31.4 Å². The van der Waals surface area contributed by atoms with Gasteiger partial charge in [-0.1, -0.05) is 24.3 Å². The zero-order valence-corrected chi connectivity index (χ0v) is 12.2. The van der Waals surface area contributed by atoms with E-state index in [0.29, 0.717) is 5.92 Å². The molecule has 0 saturated carbocycles. The standard InChI is InChI=1S/C18H22N2O/c21-18(13-7-9-19-10-8-13)12-17-15-5-2-1-4-14(15)16-6-3-11-20(16)17/h1-6,11,13,17-19,21H,7-10,12H2. The van der Waals surface area contributed by atoms with Gasteiger partial charge in [0.05, 0.1) is 12.1 Å². The Morgan fingerprint density at radius 1 is 1.14 bits per heavy atom. The molecule has 2 aliphatic rings. The minimum Gasteiger partial charge on any atom is -0.393 e. The van der Waals surface area contributed by atoms with Gasteiger partial charge in [0.15, 0.2) is 0 Å². The number of rotatable bonds is 3. The lowest BCUT2D eigenvalue weighted by molar-refractivity contribution is 0.0723. The first-order valence-corrected chi connectivity index (χ1v) is 7.99. The molecule has 3 nitrogen and oxygen atoms in total. The van der Waals surface area contributed by atoms with Gasteiger partial charge >= 0.3 is 0 Å². The molecular formula is C18H22N2O. The zero-order chi connectivity index (χ0) is 14.2. The molecule has 2 aliphatic heterocycles. The molecule has 1 saturated heterocycles. The van der Waals surface area contributed by atoms with Crippen LogP contribution in [0.15, 0.2) is 42.6 Å². The van der Waals surface area contributed by atoms with Crippen LogP contribution in [-0.4, -0.2) is 28.9 Å². The largest absolute Gasteiger partial charge is 0.393 e. The van der Waals surface area contributed by atoms with Gasteiger partial charge in [0.2, 0.25) is 0 Å². The molecule has 2 N–H and O–H groups in total. The lowest BCUT2D eigenvalue weighted by Crippen LogP contribution is -2.35. The van der Waals surface area contributed by atoms with E-state index >= 15 is 0 Å². The van der Waals surface area contributed by atoms with E-state index in [2.05, 4.69) is 52.5 Å². The molecule has 0 radical (unpaired) electrons. The van der Waals surface area contributed by atoms with Gasteiger partial charge in [-0.3, -0.25) is 0 Å². The third-order valence-electron chi connectivity index (χ3n) is 5.10. The van der Waals surface area contributed by atoms with Crippen LogP contribution in [0, 0.1) is 5.92 Å². The maximum absolute atomic E-state index is 10.7. The molecule has 0 spiro atoms. The van der Waals surface area contributed by atoms with E-state index in [4.69, 9.17) is 0 Å². The molecule has 0 aliphatic carbocycles. The summed E-state index contributed by atoms with van der Waals surface area (Å²) < 4.78 is 2.33. The summed E-state index contributed by atoms with van der Waals surface area (Å²) >= 11 is 0. The Bertz CT molecular complexity index is 628. The van der Waals surface area contributed by atoms with Crippen molar-refractivity contribution in [1.82, 2.24) is 9.88 Å². The Balaban J connectivity index is 1.60. The maximum atomic E-state index is 10.7. The first-order chi connectivity index (χ1) is 10.3. The molecule has 2 unspecified atom stereocenters. The number of hydrogen-bond acceptors (Lipinski definition) is 2. The van der Waals surface area contributed by atoms with Gasteiger partial charge in [0.25, 0.3) is 0 Å². The van der Waals surface area contributed by atoms with Crippen molar-refractivity contribution < 1.29 is 5.11 Å². The van der Waals surface area contributed by atoms with Crippen LogP contribution in [-0.2, 0) is 0 Å². The van der Waals surface area contributed by atoms with Gasteiger partial charge in [-0.2, -0.15) is 0 Å². The fraction of sp³-hybridized carbons (Fsp3) is 0.444. The van der Waals surface area contributed by atoms with Crippen LogP contribution < -0.4 is 5.32 Å². The number of aromatic nitrogens is 1. The van der Waals surface area contributed by atoms with Gasteiger partial charge in [0.1, 0.15) is 0 Å². The maximum Gasteiger partial charge on any atom is 0.0617 e. The lowest BCUT2D eigenvalue weighted by atomic mass is 9.87. The van der Waals surface area contributed by atoms with Crippen molar-refractivity contribution in [3.05, 3.63) is 48.2 Å². The molecule has 3 heterocycles. The average molecular weight is 282 g/mol. The second kappa shape index (κ2) is 5.32. The fourth-order valence-corrected chi connectivity index (χ4v) is 3.96. The van der Waals surface area contributed by atoms with E-state index in [1.165, 1.54) is 16.8 Å². The molecule has 2 aromatic rings. The van der Waals surface area contributed by atoms with Crippen molar-refractivity contribution in [3.8, 4) is 11.3 Å². The number of nitrogens with zero attached hydrogens (tertiary/aromatic N) is 1. The SMILES string of the molecule is OC(CC1c2ccccc2-c2cccn21)C1CCNCC1. The molecule has 3 heteroatoms.